The van der Waals surface area contributed by atoms with Gasteiger partial charge in [-0.2, -0.15) is 4.31 Å². The van der Waals surface area contributed by atoms with Gasteiger partial charge in [0.25, 0.3) is 5.91 Å². The SMILES string of the molecule is CCOc1ccccc1N1CCN(C(=O)c2cn(CC)c3ccc(S(=O)(=O)N4CCc5ccccc5C4)cc3c2=O)CC1. The van der Waals surface area contributed by atoms with E-state index in [0.717, 1.165) is 22.6 Å². The van der Waals surface area contributed by atoms with Crippen LogP contribution >= 0.6 is 0 Å². The molecule has 0 unspecified atom stereocenters. The number of fused-ring (bicyclic) bond motifs is 2. The third-order valence-corrected chi connectivity index (χ3v) is 10.3. The topological polar surface area (TPSA) is 92.2 Å². The van der Waals surface area contributed by atoms with Gasteiger partial charge in [0.05, 0.1) is 22.7 Å². The Labute approximate surface area is 252 Å². The number of carbonyl (C=O) groups excluding carboxylic acids is 1. The van der Waals surface area contributed by atoms with Crippen LogP contribution in [0.2, 0.25) is 0 Å². The number of sulfonamides is 1. The number of carbonyl (C=O) groups is 1. The Bertz CT molecular complexity index is 1840. The lowest BCUT2D eigenvalue weighted by Gasteiger charge is -2.36. The van der Waals surface area contributed by atoms with Crippen molar-refractivity contribution in [3.63, 3.8) is 0 Å². The second kappa shape index (κ2) is 11.9. The van der Waals surface area contributed by atoms with Crippen molar-refractivity contribution in [2.24, 2.45) is 0 Å². The molecular formula is C33H36N4O5S. The van der Waals surface area contributed by atoms with Crippen LogP contribution in [0.5, 0.6) is 5.75 Å². The van der Waals surface area contributed by atoms with Crippen LogP contribution in [0.1, 0.15) is 35.3 Å². The van der Waals surface area contributed by atoms with E-state index in [1.54, 1.807) is 23.2 Å². The van der Waals surface area contributed by atoms with E-state index in [-0.39, 0.29) is 28.3 Å². The van der Waals surface area contributed by atoms with Crippen molar-refractivity contribution >= 4 is 32.5 Å². The Kier molecular flexibility index (Phi) is 7.98. The number of pyridine rings is 1. The predicted molar refractivity (Wildman–Crippen MR) is 167 cm³/mol. The van der Waals surface area contributed by atoms with Crippen LogP contribution in [0.25, 0.3) is 10.9 Å². The fourth-order valence-corrected chi connectivity index (χ4v) is 7.54. The van der Waals surface area contributed by atoms with Crippen molar-refractivity contribution < 1.29 is 17.9 Å². The number of hydrogen-bond acceptors (Lipinski definition) is 6. The molecule has 2 aliphatic rings. The molecule has 0 bridgehead atoms. The number of para-hydroxylation sites is 2. The maximum Gasteiger partial charge on any atom is 0.259 e. The van der Waals surface area contributed by atoms with Crippen LogP contribution in [-0.2, 0) is 29.5 Å². The highest BCUT2D eigenvalue weighted by Crippen LogP contribution is 2.30. The van der Waals surface area contributed by atoms with Gasteiger partial charge in [-0.25, -0.2) is 8.42 Å². The summed E-state index contributed by atoms with van der Waals surface area (Å²) in [7, 11) is -3.85. The molecule has 2 aliphatic heterocycles. The molecule has 3 heterocycles. The van der Waals surface area contributed by atoms with Gasteiger partial charge >= 0.3 is 0 Å². The van der Waals surface area contributed by atoms with Gasteiger partial charge in [0, 0.05) is 57.4 Å². The van der Waals surface area contributed by atoms with Crippen molar-refractivity contribution in [1.29, 1.82) is 0 Å². The van der Waals surface area contributed by atoms with E-state index in [0.29, 0.717) is 57.8 Å². The Balaban J connectivity index is 1.28. The van der Waals surface area contributed by atoms with Gasteiger partial charge in [0.15, 0.2) is 0 Å². The maximum atomic E-state index is 13.8. The van der Waals surface area contributed by atoms with E-state index in [1.807, 2.05) is 66.9 Å². The smallest absolute Gasteiger partial charge is 0.259 e. The quantitative estimate of drug-likeness (QED) is 0.317. The number of nitrogens with zero attached hydrogens (tertiary/aromatic N) is 4. The lowest BCUT2D eigenvalue weighted by Crippen LogP contribution is -2.49. The van der Waals surface area contributed by atoms with Crippen LogP contribution < -0.4 is 15.1 Å². The standard InChI is InChI=1S/C33H36N4O5S/c1-3-34-23-28(33(39)36-19-17-35(18-20-36)30-11-7-8-12-31(30)42-4-2)32(38)27-21-26(13-14-29(27)34)43(40,41)37-16-15-24-9-5-6-10-25(24)22-37/h5-14,21,23H,3-4,15-20,22H2,1-2H3. The lowest BCUT2D eigenvalue weighted by molar-refractivity contribution is 0.0744. The molecule has 0 aliphatic carbocycles. The number of rotatable bonds is 7. The fraction of sp³-hybridized carbons (Fsp3) is 0.333. The van der Waals surface area contributed by atoms with E-state index in [9.17, 15) is 18.0 Å². The van der Waals surface area contributed by atoms with Crippen molar-refractivity contribution in [3.8, 4) is 5.75 Å². The van der Waals surface area contributed by atoms with Crippen LogP contribution in [0.3, 0.4) is 0 Å². The number of aromatic nitrogens is 1. The molecule has 3 aromatic carbocycles. The highest BCUT2D eigenvalue weighted by molar-refractivity contribution is 7.89. The number of amides is 1. The van der Waals surface area contributed by atoms with Gasteiger partial charge in [-0.15, -0.1) is 0 Å². The summed E-state index contributed by atoms with van der Waals surface area (Å²) < 4.78 is 36.5. The van der Waals surface area contributed by atoms with E-state index >= 15 is 0 Å². The third kappa shape index (κ3) is 5.41. The molecule has 9 nitrogen and oxygen atoms in total. The third-order valence-electron chi connectivity index (χ3n) is 8.43. The van der Waals surface area contributed by atoms with E-state index in [2.05, 4.69) is 4.90 Å². The number of aryl methyl sites for hydroxylation is 1. The highest BCUT2D eigenvalue weighted by atomic mass is 32.2. The zero-order chi connectivity index (χ0) is 30.1. The Hall–Kier alpha value is -4.15. The van der Waals surface area contributed by atoms with Crippen LogP contribution in [0, 0.1) is 0 Å². The second-order valence-corrected chi connectivity index (χ2v) is 12.8. The molecule has 1 fully saturated rings. The van der Waals surface area contributed by atoms with E-state index in [1.165, 1.54) is 10.4 Å². The van der Waals surface area contributed by atoms with Crippen LogP contribution in [0.4, 0.5) is 5.69 Å². The monoisotopic (exact) mass is 600 g/mol. The summed E-state index contributed by atoms with van der Waals surface area (Å²) in [4.78, 5) is 31.5. The van der Waals surface area contributed by atoms with Crippen molar-refractivity contribution in [3.05, 3.63) is 99.8 Å². The van der Waals surface area contributed by atoms with Crippen molar-refractivity contribution in [1.82, 2.24) is 13.8 Å². The fourth-order valence-electron chi connectivity index (χ4n) is 6.09. The van der Waals surface area contributed by atoms with E-state index < -0.39 is 15.5 Å². The molecule has 1 saturated heterocycles. The molecule has 0 saturated carbocycles. The molecular weight excluding hydrogens is 564 g/mol. The summed E-state index contributed by atoms with van der Waals surface area (Å²) >= 11 is 0. The average Bonchev–Trinajstić information content (AvgIpc) is 3.05. The van der Waals surface area contributed by atoms with Crippen LogP contribution in [-0.4, -0.2) is 67.4 Å². The molecule has 4 aromatic rings. The molecule has 43 heavy (non-hydrogen) atoms. The van der Waals surface area contributed by atoms with Crippen molar-refractivity contribution in [2.75, 3.05) is 44.2 Å². The number of hydrogen-bond donors (Lipinski definition) is 0. The van der Waals surface area contributed by atoms with Crippen LogP contribution in [0.15, 0.2) is 82.6 Å². The van der Waals surface area contributed by atoms with Gasteiger partial charge in [-0.3, -0.25) is 9.59 Å². The Morgan fingerprint density at radius 2 is 1.60 bits per heavy atom. The summed E-state index contributed by atoms with van der Waals surface area (Å²) in [5.41, 5.74) is 3.33. The molecule has 0 atom stereocenters. The minimum absolute atomic E-state index is 0.0546. The summed E-state index contributed by atoms with van der Waals surface area (Å²) in [6.45, 7) is 7.74. The number of ether oxygens (including phenoxy) is 1. The largest absolute Gasteiger partial charge is 0.492 e. The first-order valence-corrected chi connectivity index (χ1v) is 16.3. The molecule has 0 N–H and O–H groups in total. The van der Waals surface area contributed by atoms with Gasteiger partial charge in [0.1, 0.15) is 11.3 Å². The first kappa shape index (κ1) is 28.9. The molecule has 6 rings (SSSR count). The zero-order valence-corrected chi connectivity index (χ0v) is 25.3. The first-order chi connectivity index (χ1) is 20.8. The molecule has 0 radical (unpaired) electrons. The highest BCUT2D eigenvalue weighted by Gasteiger charge is 2.30. The van der Waals surface area contributed by atoms with Gasteiger partial charge in [-0.05, 0) is 61.7 Å². The Morgan fingerprint density at radius 3 is 2.35 bits per heavy atom. The van der Waals surface area contributed by atoms with Gasteiger partial charge in [0.2, 0.25) is 15.5 Å². The molecule has 1 amide bonds. The van der Waals surface area contributed by atoms with Crippen molar-refractivity contribution in [2.45, 2.75) is 38.3 Å². The first-order valence-electron chi connectivity index (χ1n) is 14.8. The maximum absolute atomic E-state index is 13.8. The zero-order valence-electron chi connectivity index (χ0n) is 24.5. The summed E-state index contributed by atoms with van der Waals surface area (Å²) in [6, 6.07) is 20.4. The van der Waals surface area contributed by atoms with Gasteiger partial charge < -0.3 is 19.1 Å². The Morgan fingerprint density at radius 1 is 0.884 bits per heavy atom. The normalized spacial score (nSPS) is 15.9. The summed E-state index contributed by atoms with van der Waals surface area (Å²) in [5.74, 6) is 0.470. The number of piperazine rings is 1. The molecule has 224 valence electrons. The lowest BCUT2D eigenvalue weighted by atomic mass is 10.0. The minimum atomic E-state index is -3.85. The molecule has 10 heteroatoms. The molecule has 1 aromatic heterocycles. The number of benzene rings is 3. The summed E-state index contributed by atoms with van der Waals surface area (Å²) in [6.07, 6.45) is 2.24. The van der Waals surface area contributed by atoms with E-state index in [4.69, 9.17) is 4.74 Å². The predicted octanol–water partition coefficient (Wildman–Crippen LogP) is 4.13. The molecule has 0 spiro atoms. The van der Waals surface area contributed by atoms with Gasteiger partial charge in [-0.1, -0.05) is 36.4 Å². The average molecular weight is 601 g/mol. The minimum Gasteiger partial charge on any atom is -0.492 e. The summed E-state index contributed by atoms with van der Waals surface area (Å²) in [5, 5.41) is 0.232. The second-order valence-electron chi connectivity index (χ2n) is 10.9. The number of anilines is 1.